The zero-order valence-corrected chi connectivity index (χ0v) is 13.2. The fraction of sp³-hybridized carbons (Fsp3) is 0.400. The van der Waals surface area contributed by atoms with E-state index in [9.17, 15) is 14.0 Å². The van der Waals surface area contributed by atoms with Gasteiger partial charge in [-0.25, -0.2) is 9.18 Å². The number of nitrogens with zero attached hydrogens (tertiary/aromatic N) is 4. The number of hydrazone groups is 1. The number of hydrogen-bond donors (Lipinski definition) is 1. The van der Waals surface area contributed by atoms with E-state index in [1.54, 1.807) is 28.4 Å². The Morgan fingerprint density at radius 2 is 2.29 bits per heavy atom. The zero-order chi connectivity index (χ0) is 17.1. The number of rotatable bonds is 5. The van der Waals surface area contributed by atoms with Crippen LogP contribution >= 0.6 is 0 Å². The summed E-state index contributed by atoms with van der Waals surface area (Å²) in [5.74, 6) is -0.439. The molecule has 0 aromatic heterocycles. The molecule has 2 aliphatic heterocycles. The van der Waals surface area contributed by atoms with E-state index in [1.807, 2.05) is 7.05 Å². The lowest BCUT2D eigenvalue weighted by Gasteiger charge is -2.28. The summed E-state index contributed by atoms with van der Waals surface area (Å²) >= 11 is 0. The van der Waals surface area contributed by atoms with E-state index in [2.05, 4.69) is 10.4 Å². The van der Waals surface area contributed by atoms with Crippen molar-refractivity contribution in [3.05, 3.63) is 24.0 Å². The van der Waals surface area contributed by atoms with E-state index < -0.39 is 18.0 Å². The Balaban J connectivity index is 1.74. The van der Waals surface area contributed by atoms with Gasteiger partial charge in [0.05, 0.1) is 31.0 Å². The van der Waals surface area contributed by atoms with Crippen LogP contribution in [0.2, 0.25) is 0 Å². The molecule has 0 radical (unpaired) electrons. The van der Waals surface area contributed by atoms with Crippen molar-refractivity contribution < 1.29 is 18.7 Å². The quantitative estimate of drug-likeness (QED) is 0.797. The summed E-state index contributed by atoms with van der Waals surface area (Å²) in [7, 11) is 1.85. The van der Waals surface area contributed by atoms with Crippen molar-refractivity contribution in [2.45, 2.75) is 6.10 Å². The van der Waals surface area contributed by atoms with Crippen LogP contribution in [0.3, 0.4) is 0 Å². The van der Waals surface area contributed by atoms with E-state index in [1.165, 1.54) is 11.0 Å². The molecular formula is C15H18FN5O3. The number of cyclic esters (lactones) is 1. The van der Waals surface area contributed by atoms with Crippen LogP contribution in [-0.2, 0) is 9.53 Å². The van der Waals surface area contributed by atoms with Crippen LogP contribution in [-0.4, -0.2) is 63.2 Å². The number of benzene rings is 1. The van der Waals surface area contributed by atoms with Crippen molar-refractivity contribution in [2.24, 2.45) is 5.10 Å². The Morgan fingerprint density at radius 3 is 2.96 bits per heavy atom. The normalized spacial score (nSPS) is 20.3. The van der Waals surface area contributed by atoms with Crippen molar-refractivity contribution in [3.8, 4) is 0 Å². The van der Waals surface area contributed by atoms with E-state index in [4.69, 9.17) is 4.74 Å². The van der Waals surface area contributed by atoms with E-state index in [0.717, 1.165) is 0 Å². The van der Waals surface area contributed by atoms with Gasteiger partial charge in [0.1, 0.15) is 18.3 Å². The molecule has 1 saturated heterocycles. The first kappa shape index (κ1) is 16.0. The van der Waals surface area contributed by atoms with Crippen molar-refractivity contribution in [1.82, 2.24) is 10.3 Å². The van der Waals surface area contributed by atoms with Crippen LogP contribution in [0, 0.1) is 5.82 Å². The second-order valence-corrected chi connectivity index (χ2v) is 5.58. The number of amides is 2. The molecule has 3 rings (SSSR count). The molecule has 1 aromatic rings. The molecule has 2 amide bonds. The SMILES string of the molecule is CN1CCN(c2ccc(N3CC(CNC=O)OC3=O)cc2F)C=N1. The fourth-order valence-electron chi connectivity index (χ4n) is 2.62. The largest absolute Gasteiger partial charge is 0.442 e. The van der Waals surface area contributed by atoms with Crippen LogP contribution in [0.15, 0.2) is 23.3 Å². The lowest BCUT2D eigenvalue weighted by molar-refractivity contribution is -0.109. The van der Waals surface area contributed by atoms with E-state index in [0.29, 0.717) is 30.9 Å². The monoisotopic (exact) mass is 335 g/mol. The fourth-order valence-corrected chi connectivity index (χ4v) is 2.62. The summed E-state index contributed by atoms with van der Waals surface area (Å²) in [4.78, 5) is 25.3. The smallest absolute Gasteiger partial charge is 0.414 e. The molecule has 128 valence electrons. The molecule has 1 N–H and O–H groups in total. The van der Waals surface area contributed by atoms with Crippen molar-refractivity contribution >= 4 is 30.2 Å². The maximum absolute atomic E-state index is 14.5. The number of anilines is 2. The highest BCUT2D eigenvalue weighted by molar-refractivity contribution is 5.90. The molecule has 1 aromatic carbocycles. The summed E-state index contributed by atoms with van der Waals surface area (Å²) in [6, 6.07) is 4.59. The number of halogens is 1. The van der Waals surface area contributed by atoms with Crippen LogP contribution in [0.25, 0.3) is 0 Å². The van der Waals surface area contributed by atoms with Crippen molar-refractivity contribution in [3.63, 3.8) is 0 Å². The Morgan fingerprint density at radius 1 is 1.46 bits per heavy atom. The van der Waals surface area contributed by atoms with Gasteiger partial charge in [0.15, 0.2) is 0 Å². The Labute approximate surface area is 138 Å². The first-order valence-corrected chi connectivity index (χ1v) is 7.55. The Hall–Kier alpha value is -2.84. The lowest BCUT2D eigenvalue weighted by atomic mass is 10.2. The van der Waals surface area contributed by atoms with Crippen LogP contribution in [0.5, 0.6) is 0 Å². The maximum atomic E-state index is 14.5. The minimum absolute atomic E-state index is 0.226. The van der Waals surface area contributed by atoms with Gasteiger partial charge in [-0.3, -0.25) is 14.7 Å². The predicted molar refractivity (Wildman–Crippen MR) is 86.5 cm³/mol. The minimum Gasteiger partial charge on any atom is -0.442 e. The topological polar surface area (TPSA) is 77.5 Å². The molecule has 2 heterocycles. The molecule has 1 unspecified atom stereocenters. The van der Waals surface area contributed by atoms with Gasteiger partial charge in [-0.1, -0.05) is 0 Å². The summed E-state index contributed by atoms with van der Waals surface area (Å²) in [5, 5.41) is 8.37. The van der Waals surface area contributed by atoms with Crippen LogP contribution in [0.1, 0.15) is 0 Å². The number of carbonyl (C=O) groups excluding carboxylic acids is 2. The van der Waals surface area contributed by atoms with Gasteiger partial charge in [-0.15, -0.1) is 0 Å². The second kappa shape index (κ2) is 6.73. The molecule has 0 aliphatic carbocycles. The number of likely N-dealkylation sites (N-methyl/N-ethyl adjacent to an activating group) is 1. The molecule has 1 fully saturated rings. The first-order valence-electron chi connectivity index (χ1n) is 7.55. The minimum atomic E-state index is -0.555. The Bertz CT molecular complexity index is 669. The van der Waals surface area contributed by atoms with Gasteiger partial charge in [-0.05, 0) is 18.2 Å². The second-order valence-electron chi connectivity index (χ2n) is 5.58. The highest BCUT2D eigenvalue weighted by Crippen LogP contribution is 2.27. The number of ether oxygens (including phenoxy) is 1. The number of hydrogen-bond acceptors (Lipinski definition) is 6. The average Bonchev–Trinajstić information content (AvgIpc) is 2.95. The summed E-state index contributed by atoms with van der Waals surface area (Å²) in [5.41, 5.74) is 0.822. The zero-order valence-electron chi connectivity index (χ0n) is 13.2. The average molecular weight is 335 g/mol. The van der Waals surface area contributed by atoms with Crippen LogP contribution < -0.4 is 15.1 Å². The highest BCUT2D eigenvalue weighted by Gasteiger charge is 2.32. The van der Waals surface area contributed by atoms with Crippen molar-refractivity contribution in [2.75, 3.05) is 43.0 Å². The van der Waals surface area contributed by atoms with Gasteiger partial charge >= 0.3 is 6.09 Å². The molecule has 2 aliphatic rings. The van der Waals surface area contributed by atoms with Gasteiger partial charge in [0.2, 0.25) is 6.41 Å². The maximum Gasteiger partial charge on any atom is 0.414 e. The predicted octanol–water partition coefficient (Wildman–Crippen LogP) is 0.592. The molecule has 24 heavy (non-hydrogen) atoms. The standard InChI is InChI=1S/C15H18FN5O3/c1-19-4-5-20(9-18-19)14-3-2-11(6-13(14)16)21-8-12(7-17-10-22)24-15(21)23/h2-3,6,9-10,12H,4-5,7-8H2,1H3,(H,17,22). The summed E-state index contributed by atoms with van der Waals surface area (Å²) in [6.07, 6.45) is 1.12. The third-order valence-electron chi connectivity index (χ3n) is 3.91. The van der Waals surface area contributed by atoms with Gasteiger partial charge in [0, 0.05) is 13.6 Å². The molecular weight excluding hydrogens is 317 g/mol. The van der Waals surface area contributed by atoms with Gasteiger partial charge in [-0.2, -0.15) is 5.10 Å². The summed E-state index contributed by atoms with van der Waals surface area (Å²) in [6.45, 7) is 1.81. The molecule has 0 saturated carbocycles. The molecule has 0 bridgehead atoms. The molecule has 8 nitrogen and oxygen atoms in total. The summed E-state index contributed by atoms with van der Waals surface area (Å²) < 4.78 is 19.6. The highest BCUT2D eigenvalue weighted by atomic mass is 19.1. The number of nitrogens with one attached hydrogen (secondary N) is 1. The number of carbonyl (C=O) groups is 2. The van der Waals surface area contributed by atoms with Crippen molar-refractivity contribution in [1.29, 1.82) is 0 Å². The molecule has 1 atom stereocenters. The third kappa shape index (κ3) is 3.24. The van der Waals surface area contributed by atoms with Crippen LogP contribution in [0.4, 0.5) is 20.6 Å². The Kier molecular flexibility index (Phi) is 4.50. The molecule has 0 spiro atoms. The van der Waals surface area contributed by atoms with Gasteiger partial charge < -0.3 is 15.0 Å². The first-order chi connectivity index (χ1) is 11.6. The third-order valence-corrected chi connectivity index (χ3v) is 3.91. The molecule has 9 heteroatoms. The van der Waals surface area contributed by atoms with E-state index in [-0.39, 0.29) is 13.1 Å². The van der Waals surface area contributed by atoms with E-state index >= 15 is 0 Å². The van der Waals surface area contributed by atoms with Gasteiger partial charge in [0.25, 0.3) is 0 Å². The lowest BCUT2D eigenvalue weighted by Crippen LogP contribution is -2.36.